The molecule has 1 nitrogen and oxygen atoms in total. The van der Waals surface area contributed by atoms with Gasteiger partial charge < -0.3 is 5.32 Å². The van der Waals surface area contributed by atoms with Crippen LogP contribution in [0.1, 0.15) is 43.7 Å². The van der Waals surface area contributed by atoms with E-state index in [0.717, 1.165) is 24.3 Å². The summed E-state index contributed by atoms with van der Waals surface area (Å²) in [4.78, 5) is 0. The Bertz CT molecular complexity index is 345. The quantitative estimate of drug-likeness (QED) is 0.795. The third-order valence-corrected chi connectivity index (χ3v) is 4.04. The first-order chi connectivity index (χ1) is 7.77. The zero-order valence-electron chi connectivity index (χ0n) is 10.7. The van der Waals surface area contributed by atoms with Crippen LogP contribution in [0.4, 0.5) is 0 Å². The fourth-order valence-corrected chi connectivity index (χ4v) is 2.75. The molecular formula is C15H23N. The maximum absolute atomic E-state index is 3.27. The summed E-state index contributed by atoms with van der Waals surface area (Å²) in [6.45, 7) is 5.70. The molecule has 88 valence electrons. The summed E-state index contributed by atoms with van der Waals surface area (Å²) in [6.07, 6.45) is 2.71. The van der Waals surface area contributed by atoms with Crippen LogP contribution in [0, 0.1) is 11.8 Å². The Balaban J connectivity index is 2.10. The van der Waals surface area contributed by atoms with Crippen molar-refractivity contribution in [3.8, 4) is 0 Å². The third-order valence-electron chi connectivity index (χ3n) is 4.04. The molecule has 1 aromatic rings. The molecule has 3 atom stereocenters. The molecule has 0 bridgehead atoms. The van der Waals surface area contributed by atoms with Crippen LogP contribution in [0.25, 0.3) is 0 Å². The molecular weight excluding hydrogens is 194 g/mol. The Kier molecular flexibility index (Phi) is 3.65. The molecule has 1 fully saturated rings. The number of hydrogen-bond donors (Lipinski definition) is 1. The maximum Gasteiger partial charge on any atom is 0.0205 e. The van der Waals surface area contributed by atoms with Gasteiger partial charge in [0.1, 0.15) is 0 Å². The SMILES string of the molecule is CCC(C)C1CC1c1ccccc1CNC. The van der Waals surface area contributed by atoms with E-state index in [9.17, 15) is 0 Å². The average molecular weight is 217 g/mol. The highest BCUT2D eigenvalue weighted by Crippen LogP contribution is 2.53. The summed E-state index contributed by atoms with van der Waals surface area (Å²) in [5.74, 6) is 2.65. The maximum atomic E-state index is 3.27. The van der Waals surface area contributed by atoms with E-state index in [1.807, 2.05) is 7.05 Å². The number of rotatable bonds is 5. The Labute approximate surface area is 99.3 Å². The van der Waals surface area contributed by atoms with Gasteiger partial charge in [-0.1, -0.05) is 44.5 Å². The molecule has 1 N–H and O–H groups in total. The van der Waals surface area contributed by atoms with Gasteiger partial charge in [0.2, 0.25) is 0 Å². The number of hydrogen-bond acceptors (Lipinski definition) is 1. The molecule has 3 unspecified atom stereocenters. The van der Waals surface area contributed by atoms with Gasteiger partial charge in [0.05, 0.1) is 0 Å². The first kappa shape index (κ1) is 11.7. The van der Waals surface area contributed by atoms with Gasteiger partial charge in [-0.2, -0.15) is 0 Å². The third kappa shape index (κ3) is 2.30. The van der Waals surface area contributed by atoms with Crippen LogP contribution in [0.5, 0.6) is 0 Å². The molecule has 0 heterocycles. The molecule has 0 spiro atoms. The Morgan fingerprint density at radius 2 is 2.12 bits per heavy atom. The second-order valence-electron chi connectivity index (χ2n) is 5.12. The van der Waals surface area contributed by atoms with Crippen molar-refractivity contribution in [3.05, 3.63) is 35.4 Å². The van der Waals surface area contributed by atoms with Gasteiger partial charge in [0.15, 0.2) is 0 Å². The summed E-state index contributed by atoms with van der Waals surface area (Å²) in [5, 5.41) is 3.27. The van der Waals surface area contributed by atoms with Gasteiger partial charge in [0.25, 0.3) is 0 Å². The lowest BCUT2D eigenvalue weighted by Gasteiger charge is -2.11. The van der Waals surface area contributed by atoms with Crippen molar-refractivity contribution in [3.63, 3.8) is 0 Å². The van der Waals surface area contributed by atoms with Crippen molar-refractivity contribution in [1.29, 1.82) is 0 Å². The molecule has 16 heavy (non-hydrogen) atoms. The minimum Gasteiger partial charge on any atom is -0.316 e. The summed E-state index contributed by atoms with van der Waals surface area (Å²) in [6, 6.07) is 8.91. The van der Waals surface area contributed by atoms with E-state index in [0.29, 0.717) is 0 Å². The van der Waals surface area contributed by atoms with E-state index >= 15 is 0 Å². The van der Waals surface area contributed by atoms with E-state index in [2.05, 4.69) is 43.4 Å². The van der Waals surface area contributed by atoms with Gasteiger partial charge in [0, 0.05) is 6.54 Å². The van der Waals surface area contributed by atoms with Crippen LogP contribution in [-0.2, 0) is 6.54 Å². The summed E-state index contributed by atoms with van der Waals surface area (Å²) < 4.78 is 0. The summed E-state index contributed by atoms with van der Waals surface area (Å²) in [7, 11) is 2.02. The molecule has 1 aromatic carbocycles. The zero-order valence-corrected chi connectivity index (χ0v) is 10.7. The average Bonchev–Trinajstić information content (AvgIpc) is 3.09. The lowest BCUT2D eigenvalue weighted by molar-refractivity contribution is 0.481. The first-order valence-corrected chi connectivity index (χ1v) is 6.50. The van der Waals surface area contributed by atoms with Gasteiger partial charge in [-0.25, -0.2) is 0 Å². The van der Waals surface area contributed by atoms with E-state index in [4.69, 9.17) is 0 Å². The highest BCUT2D eigenvalue weighted by Gasteiger charge is 2.41. The van der Waals surface area contributed by atoms with Crippen molar-refractivity contribution < 1.29 is 0 Å². The normalized spacial score (nSPS) is 25.4. The smallest absolute Gasteiger partial charge is 0.0205 e. The minimum atomic E-state index is 0.833. The van der Waals surface area contributed by atoms with Gasteiger partial charge in [-0.3, -0.25) is 0 Å². The van der Waals surface area contributed by atoms with E-state index in [1.165, 1.54) is 18.4 Å². The first-order valence-electron chi connectivity index (χ1n) is 6.50. The Hall–Kier alpha value is -0.820. The molecule has 1 aliphatic carbocycles. The van der Waals surface area contributed by atoms with Crippen molar-refractivity contribution in [2.24, 2.45) is 11.8 Å². The van der Waals surface area contributed by atoms with Crippen LogP contribution in [0.15, 0.2) is 24.3 Å². The largest absolute Gasteiger partial charge is 0.316 e. The molecule has 0 aromatic heterocycles. The number of nitrogens with one attached hydrogen (secondary N) is 1. The van der Waals surface area contributed by atoms with Crippen LogP contribution >= 0.6 is 0 Å². The molecule has 0 amide bonds. The van der Waals surface area contributed by atoms with Crippen LogP contribution in [0.3, 0.4) is 0 Å². The van der Waals surface area contributed by atoms with E-state index in [1.54, 1.807) is 5.56 Å². The van der Waals surface area contributed by atoms with E-state index in [-0.39, 0.29) is 0 Å². The number of benzene rings is 1. The zero-order chi connectivity index (χ0) is 11.5. The lowest BCUT2D eigenvalue weighted by Crippen LogP contribution is -2.08. The second-order valence-corrected chi connectivity index (χ2v) is 5.12. The predicted octanol–water partition coefficient (Wildman–Crippen LogP) is 3.56. The molecule has 1 aliphatic rings. The predicted molar refractivity (Wildman–Crippen MR) is 69.5 cm³/mol. The van der Waals surface area contributed by atoms with Crippen LogP contribution in [-0.4, -0.2) is 7.05 Å². The van der Waals surface area contributed by atoms with Crippen molar-refractivity contribution in [2.45, 2.75) is 39.2 Å². The fraction of sp³-hybridized carbons (Fsp3) is 0.600. The lowest BCUT2D eigenvalue weighted by atomic mass is 9.96. The summed E-state index contributed by atoms with van der Waals surface area (Å²) >= 11 is 0. The van der Waals surface area contributed by atoms with Gasteiger partial charge >= 0.3 is 0 Å². The standard InChI is InChI=1S/C15H23N/c1-4-11(2)14-9-15(14)13-8-6-5-7-12(13)10-16-3/h5-8,11,14-16H,4,9-10H2,1-3H3. The minimum absolute atomic E-state index is 0.833. The fourth-order valence-electron chi connectivity index (χ4n) is 2.75. The second kappa shape index (κ2) is 5.01. The summed E-state index contributed by atoms with van der Waals surface area (Å²) in [5.41, 5.74) is 3.07. The molecule has 1 saturated carbocycles. The van der Waals surface area contributed by atoms with Gasteiger partial charge in [-0.05, 0) is 42.3 Å². The van der Waals surface area contributed by atoms with Crippen molar-refractivity contribution >= 4 is 0 Å². The molecule has 2 rings (SSSR count). The molecule has 1 heteroatoms. The van der Waals surface area contributed by atoms with E-state index < -0.39 is 0 Å². The van der Waals surface area contributed by atoms with Crippen LogP contribution < -0.4 is 5.32 Å². The van der Waals surface area contributed by atoms with Crippen LogP contribution in [0.2, 0.25) is 0 Å². The topological polar surface area (TPSA) is 12.0 Å². The Morgan fingerprint density at radius 1 is 1.38 bits per heavy atom. The highest BCUT2D eigenvalue weighted by molar-refractivity contribution is 5.34. The monoisotopic (exact) mass is 217 g/mol. The molecule has 0 saturated heterocycles. The Morgan fingerprint density at radius 3 is 2.81 bits per heavy atom. The van der Waals surface area contributed by atoms with Crippen molar-refractivity contribution in [2.75, 3.05) is 7.05 Å². The molecule has 0 aliphatic heterocycles. The highest BCUT2D eigenvalue weighted by atomic mass is 14.8. The van der Waals surface area contributed by atoms with Crippen molar-refractivity contribution in [1.82, 2.24) is 5.32 Å². The molecule has 0 radical (unpaired) electrons. The van der Waals surface area contributed by atoms with Gasteiger partial charge in [-0.15, -0.1) is 0 Å².